The van der Waals surface area contributed by atoms with Crippen LogP contribution in [-0.4, -0.2) is 30.2 Å². The summed E-state index contributed by atoms with van der Waals surface area (Å²) < 4.78 is 23.6. The first kappa shape index (κ1) is 21.9. The van der Waals surface area contributed by atoms with E-state index in [1.54, 1.807) is 33.8 Å². The van der Waals surface area contributed by atoms with Gasteiger partial charge in [0.25, 0.3) is 5.91 Å². The average Bonchev–Trinajstić information content (AvgIpc) is 2.62. The molecule has 0 aliphatic rings. The molecule has 0 aromatic heterocycles. The van der Waals surface area contributed by atoms with Crippen molar-refractivity contribution in [2.24, 2.45) is 0 Å². The van der Waals surface area contributed by atoms with Gasteiger partial charge >= 0.3 is 12.1 Å². The van der Waals surface area contributed by atoms with Crippen LogP contribution in [0.3, 0.4) is 0 Å². The number of esters is 1. The van der Waals surface area contributed by atoms with E-state index in [1.165, 1.54) is 36.4 Å². The van der Waals surface area contributed by atoms with Crippen molar-refractivity contribution in [3.05, 3.63) is 59.4 Å². The maximum Gasteiger partial charge on any atom is 0.412 e. The summed E-state index contributed by atoms with van der Waals surface area (Å²) in [5.74, 6) is -1.75. The largest absolute Gasteiger partial charge is 0.452 e. The quantitative estimate of drug-likeness (QED) is 0.728. The lowest BCUT2D eigenvalue weighted by Crippen LogP contribution is -2.27. The molecule has 154 valence electrons. The van der Waals surface area contributed by atoms with Crippen LogP contribution < -0.4 is 10.6 Å². The number of rotatable bonds is 5. The van der Waals surface area contributed by atoms with Crippen LogP contribution in [0.1, 0.15) is 36.7 Å². The summed E-state index contributed by atoms with van der Waals surface area (Å²) in [6.07, 6.45) is -0.614. The summed E-state index contributed by atoms with van der Waals surface area (Å²) in [5, 5.41) is 4.99. The molecule has 2 aromatic rings. The lowest BCUT2D eigenvalue weighted by Gasteiger charge is -2.19. The molecule has 2 rings (SSSR count). The van der Waals surface area contributed by atoms with Crippen LogP contribution in [-0.2, 0) is 14.3 Å². The molecule has 29 heavy (non-hydrogen) atoms. The second kappa shape index (κ2) is 9.18. The molecule has 2 amide bonds. The zero-order valence-electron chi connectivity index (χ0n) is 16.7. The lowest BCUT2D eigenvalue weighted by atomic mass is 10.2. The summed E-state index contributed by atoms with van der Waals surface area (Å²) in [5.41, 5.74) is 0.744. The highest BCUT2D eigenvalue weighted by Gasteiger charge is 2.16. The van der Waals surface area contributed by atoms with Gasteiger partial charge in [-0.3, -0.25) is 10.1 Å². The average molecular weight is 402 g/mol. The van der Waals surface area contributed by atoms with E-state index in [0.717, 1.165) is 0 Å². The van der Waals surface area contributed by atoms with E-state index in [0.29, 0.717) is 11.3 Å². The van der Waals surface area contributed by atoms with E-state index in [-0.39, 0.29) is 11.3 Å². The molecule has 0 atom stereocenters. The number of carbonyl (C=O) groups excluding carboxylic acids is 3. The Hall–Kier alpha value is -3.42. The Morgan fingerprint density at radius 2 is 1.59 bits per heavy atom. The highest BCUT2D eigenvalue weighted by Crippen LogP contribution is 2.15. The maximum absolute atomic E-state index is 13.5. The Bertz CT molecular complexity index is 904. The van der Waals surface area contributed by atoms with Crippen LogP contribution in [0.25, 0.3) is 0 Å². The number of ether oxygens (including phenoxy) is 2. The highest BCUT2D eigenvalue weighted by molar-refractivity contribution is 5.96. The third kappa shape index (κ3) is 7.25. The normalized spacial score (nSPS) is 10.8. The first-order chi connectivity index (χ1) is 13.5. The van der Waals surface area contributed by atoms with Gasteiger partial charge in [0.15, 0.2) is 6.61 Å². The minimum atomic E-state index is -0.709. The molecule has 0 saturated heterocycles. The van der Waals surface area contributed by atoms with Crippen LogP contribution in [0.5, 0.6) is 0 Å². The summed E-state index contributed by atoms with van der Waals surface area (Å²) in [6.45, 7) is 6.33. The van der Waals surface area contributed by atoms with E-state index in [9.17, 15) is 18.8 Å². The van der Waals surface area contributed by atoms with Crippen LogP contribution >= 0.6 is 0 Å². The van der Waals surface area contributed by atoms with Crippen molar-refractivity contribution < 1.29 is 28.2 Å². The number of hydrogen-bond donors (Lipinski definition) is 2. The molecular formula is C21H23FN2O5. The van der Waals surface area contributed by atoms with Crippen molar-refractivity contribution in [1.82, 2.24) is 0 Å². The van der Waals surface area contributed by atoms with Gasteiger partial charge in [-0.2, -0.15) is 0 Å². The zero-order chi connectivity index (χ0) is 21.6. The van der Waals surface area contributed by atoms with Gasteiger partial charge in [-0.05, 0) is 69.7 Å². The van der Waals surface area contributed by atoms with Crippen LogP contribution in [0.4, 0.5) is 20.6 Å². The van der Waals surface area contributed by atoms with Gasteiger partial charge in [-0.25, -0.2) is 14.0 Å². The fourth-order valence-electron chi connectivity index (χ4n) is 2.19. The van der Waals surface area contributed by atoms with Crippen LogP contribution in [0, 0.1) is 12.7 Å². The molecule has 0 radical (unpaired) electrons. The van der Waals surface area contributed by atoms with Crippen molar-refractivity contribution >= 4 is 29.3 Å². The molecule has 2 N–H and O–H groups in total. The van der Waals surface area contributed by atoms with Crippen molar-refractivity contribution in [2.75, 3.05) is 17.2 Å². The standard InChI is InChI=1S/C21H23FN2O5/c1-13-5-8-16(11-17(13)22)23-18(25)12-28-19(26)14-6-9-15(10-7-14)24-20(27)29-21(2,3)4/h5-11H,12H2,1-4H3,(H,23,25)(H,24,27). The molecule has 7 nitrogen and oxygen atoms in total. The van der Waals surface area contributed by atoms with E-state index < -0.39 is 36.0 Å². The van der Waals surface area contributed by atoms with Gasteiger partial charge in [0.05, 0.1) is 5.56 Å². The van der Waals surface area contributed by atoms with Crippen molar-refractivity contribution in [3.8, 4) is 0 Å². The molecule has 2 aromatic carbocycles. The van der Waals surface area contributed by atoms with E-state index in [1.807, 2.05) is 0 Å². The Morgan fingerprint density at radius 1 is 0.966 bits per heavy atom. The van der Waals surface area contributed by atoms with Gasteiger partial charge in [0, 0.05) is 11.4 Å². The van der Waals surface area contributed by atoms with Gasteiger partial charge in [0.1, 0.15) is 11.4 Å². The third-order valence-corrected chi connectivity index (χ3v) is 3.56. The first-order valence-electron chi connectivity index (χ1n) is 8.87. The van der Waals surface area contributed by atoms with Gasteiger partial charge in [0.2, 0.25) is 0 Å². The van der Waals surface area contributed by atoms with Crippen molar-refractivity contribution in [1.29, 1.82) is 0 Å². The summed E-state index contributed by atoms with van der Waals surface area (Å²) in [4.78, 5) is 35.6. The summed E-state index contributed by atoms with van der Waals surface area (Å²) in [7, 11) is 0. The fraction of sp³-hybridized carbons (Fsp3) is 0.286. The molecule has 8 heteroatoms. The predicted molar refractivity (Wildman–Crippen MR) is 106 cm³/mol. The Labute approximate surface area is 168 Å². The smallest absolute Gasteiger partial charge is 0.412 e. The van der Waals surface area contributed by atoms with Crippen molar-refractivity contribution in [2.45, 2.75) is 33.3 Å². The van der Waals surface area contributed by atoms with E-state index in [2.05, 4.69) is 10.6 Å². The number of anilines is 2. The molecule has 0 spiro atoms. The number of amides is 2. The van der Waals surface area contributed by atoms with Crippen molar-refractivity contribution in [3.63, 3.8) is 0 Å². The number of carbonyl (C=O) groups is 3. The van der Waals surface area contributed by atoms with E-state index >= 15 is 0 Å². The lowest BCUT2D eigenvalue weighted by molar-refractivity contribution is -0.119. The minimum Gasteiger partial charge on any atom is -0.452 e. The van der Waals surface area contributed by atoms with E-state index in [4.69, 9.17) is 9.47 Å². The summed E-state index contributed by atoms with van der Waals surface area (Å²) >= 11 is 0. The predicted octanol–water partition coefficient (Wildman–Crippen LogP) is 4.28. The molecular weight excluding hydrogens is 379 g/mol. The zero-order valence-corrected chi connectivity index (χ0v) is 16.7. The number of nitrogens with one attached hydrogen (secondary N) is 2. The molecule has 0 aliphatic carbocycles. The Kier molecular flexibility index (Phi) is 6.93. The number of hydrogen-bond acceptors (Lipinski definition) is 5. The summed E-state index contributed by atoms with van der Waals surface area (Å²) in [6, 6.07) is 10.2. The molecule has 0 fully saturated rings. The molecule has 0 bridgehead atoms. The number of benzene rings is 2. The second-order valence-electron chi connectivity index (χ2n) is 7.29. The monoisotopic (exact) mass is 402 g/mol. The van der Waals surface area contributed by atoms with Gasteiger partial charge < -0.3 is 14.8 Å². The molecule has 0 unspecified atom stereocenters. The van der Waals surface area contributed by atoms with Crippen LogP contribution in [0.2, 0.25) is 0 Å². The third-order valence-electron chi connectivity index (χ3n) is 3.56. The van der Waals surface area contributed by atoms with Gasteiger partial charge in [-0.1, -0.05) is 6.07 Å². The topological polar surface area (TPSA) is 93.7 Å². The second-order valence-corrected chi connectivity index (χ2v) is 7.29. The molecule has 0 aliphatic heterocycles. The fourth-order valence-corrected chi connectivity index (χ4v) is 2.19. The number of aryl methyl sites for hydroxylation is 1. The van der Waals surface area contributed by atoms with Crippen LogP contribution in [0.15, 0.2) is 42.5 Å². The highest BCUT2D eigenvalue weighted by atomic mass is 19.1. The minimum absolute atomic E-state index is 0.203. The number of halogens is 1. The Morgan fingerprint density at radius 3 is 2.17 bits per heavy atom. The Balaban J connectivity index is 1.85. The SMILES string of the molecule is Cc1ccc(NC(=O)COC(=O)c2ccc(NC(=O)OC(C)(C)C)cc2)cc1F. The maximum atomic E-state index is 13.5. The molecule has 0 heterocycles. The van der Waals surface area contributed by atoms with Gasteiger partial charge in [-0.15, -0.1) is 0 Å². The molecule has 0 saturated carbocycles. The first-order valence-corrected chi connectivity index (χ1v) is 8.87.